The van der Waals surface area contributed by atoms with Crippen LogP contribution in [0.4, 0.5) is 0 Å². The molecule has 0 spiro atoms. The van der Waals surface area contributed by atoms with Gasteiger partial charge in [0, 0.05) is 12.4 Å². The maximum Gasteiger partial charge on any atom is 0.335 e. The van der Waals surface area contributed by atoms with Crippen molar-refractivity contribution in [3.8, 4) is 5.69 Å². The first kappa shape index (κ1) is 10.5. The quantitative estimate of drug-likeness (QED) is 0.833. The molecule has 0 aliphatic rings. The van der Waals surface area contributed by atoms with Gasteiger partial charge in [-0.15, -0.1) is 0 Å². The number of aromatic amines is 1. The molecule has 16 heavy (non-hydrogen) atoms. The van der Waals surface area contributed by atoms with Crippen LogP contribution >= 0.6 is 11.6 Å². The van der Waals surface area contributed by atoms with E-state index in [2.05, 4.69) is 4.98 Å². The maximum atomic E-state index is 11.3. The highest BCUT2D eigenvalue weighted by Crippen LogP contribution is 2.20. The lowest BCUT2D eigenvalue weighted by atomic mass is 10.2. The number of H-pyrrole nitrogens is 1. The third-order valence-corrected chi connectivity index (χ3v) is 2.41. The lowest BCUT2D eigenvalue weighted by molar-refractivity contribution is 0.0697. The molecule has 0 aliphatic carbocycles. The van der Waals surface area contributed by atoms with Gasteiger partial charge in [-0.05, 0) is 18.2 Å². The number of aromatic nitrogens is 2. The van der Waals surface area contributed by atoms with Crippen molar-refractivity contribution in [1.82, 2.24) is 9.55 Å². The van der Waals surface area contributed by atoms with E-state index in [1.807, 2.05) is 0 Å². The highest BCUT2D eigenvalue weighted by Gasteiger charge is 2.09. The van der Waals surface area contributed by atoms with Gasteiger partial charge < -0.3 is 10.1 Å². The summed E-state index contributed by atoms with van der Waals surface area (Å²) in [5, 5.41) is 8.96. The molecule has 0 amide bonds. The molecule has 0 atom stereocenters. The highest BCUT2D eigenvalue weighted by molar-refractivity contribution is 6.32. The monoisotopic (exact) mass is 238 g/mol. The molecular weight excluding hydrogens is 232 g/mol. The van der Waals surface area contributed by atoms with Crippen molar-refractivity contribution >= 4 is 17.6 Å². The molecule has 0 fully saturated rings. The van der Waals surface area contributed by atoms with E-state index in [4.69, 9.17) is 16.7 Å². The van der Waals surface area contributed by atoms with Gasteiger partial charge >= 0.3 is 11.7 Å². The summed E-state index contributed by atoms with van der Waals surface area (Å²) in [6.07, 6.45) is 2.99. The Morgan fingerprint density at radius 3 is 2.69 bits per heavy atom. The van der Waals surface area contributed by atoms with Crippen LogP contribution in [0.25, 0.3) is 5.69 Å². The average Bonchev–Trinajstić information content (AvgIpc) is 2.64. The topological polar surface area (TPSA) is 75.1 Å². The second-order valence-corrected chi connectivity index (χ2v) is 3.51. The summed E-state index contributed by atoms with van der Waals surface area (Å²) in [6.45, 7) is 0. The summed E-state index contributed by atoms with van der Waals surface area (Å²) < 4.78 is 1.30. The van der Waals surface area contributed by atoms with Crippen LogP contribution in [0.3, 0.4) is 0 Å². The fraction of sp³-hybridized carbons (Fsp3) is 0. The number of hydrogen-bond donors (Lipinski definition) is 2. The molecule has 0 bridgehead atoms. The van der Waals surface area contributed by atoms with Crippen LogP contribution in [0.2, 0.25) is 5.02 Å². The van der Waals surface area contributed by atoms with Crippen LogP contribution in [-0.4, -0.2) is 20.6 Å². The van der Waals surface area contributed by atoms with E-state index < -0.39 is 5.97 Å². The van der Waals surface area contributed by atoms with Crippen LogP contribution in [-0.2, 0) is 0 Å². The SMILES string of the molecule is O=C(O)c1ccc(-n2cc[nH]c2=O)c(Cl)c1. The van der Waals surface area contributed by atoms with E-state index in [9.17, 15) is 9.59 Å². The van der Waals surface area contributed by atoms with Crippen molar-refractivity contribution in [2.24, 2.45) is 0 Å². The van der Waals surface area contributed by atoms with Crippen molar-refractivity contribution < 1.29 is 9.90 Å². The normalized spacial score (nSPS) is 10.3. The first-order valence-electron chi connectivity index (χ1n) is 4.39. The molecule has 0 saturated heterocycles. The molecule has 6 heteroatoms. The summed E-state index contributed by atoms with van der Waals surface area (Å²) in [4.78, 5) is 24.5. The van der Waals surface area contributed by atoms with Crippen LogP contribution in [0.5, 0.6) is 0 Å². The van der Waals surface area contributed by atoms with Crippen LogP contribution in [0.15, 0.2) is 35.4 Å². The van der Waals surface area contributed by atoms with E-state index in [1.54, 1.807) is 0 Å². The van der Waals surface area contributed by atoms with Crippen molar-refractivity contribution in [1.29, 1.82) is 0 Å². The third kappa shape index (κ3) is 1.72. The van der Waals surface area contributed by atoms with E-state index in [0.717, 1.165) is 0 Å². The smallest absolute Gasteiger partial charge is 0.335 e. The van der Waals surface area contributed by atoms with Gasteiger partial charge in [0.25, 0.3) is 0 Å². The van der Waals surface area contributed by atoms with E-state index in [-0.39, 0.29) is 16.3 Å². The molecule has 0 radical (unpaired) electrons. The lowest BCUT2D eigenvalue weighted by Gasteiger charge is -2.04. The second-order valence-electron chi connectivity index (χ2n) is 3.11. The molecule has 1 aromatic carbocycles. The maximum absolute atomic E-state index is 11.3. The molecule has 5 nitrogen and oxygen atoms in total. The Balaban J connectivity index is 2.57. The Morgan fingerprint density at radius 1 is 1.44 bits per heavy atom. The largest absolute Gasteiger partial charge is 0.478 e. The Hall–Kier alpha value is -2.01. The zero-order chi connectivity index (χ0) is 11.7. The Labute approximate surface area is 94.9 Å². The lowest BCUT2D eigenvalue weighted by Crippen LogP contribution is -2.14. The molecule has 0 unspecified atom stereocenters. The van der Waals surface area contributed by atoms with Gasteiger partial charge in [0.2, 0.25) is 0 Å². The number of nitrogens with one attached hydrogen (secondary N) is 1. The van der Waals surface area contributed by atoms with Crippen molar-refractivity contribution in [3.05, 3.63) is 51.7 Å². The number of carbonyl (C=O) groups is 1. The molecule has 2 rings (SSSR count). The summed E-state index contributed by atoms with van der Waals surface area (Å²) in [7, 11) is 0. The predicted molar refractivity (Wildman–Crippen MR) is 58.4 cm³/mol. The molecule has 2 N–H and O–H groups in total. The summed E-state index contributed by atoms with van der Waals surface area (Å²) in [5.74, 6) is -1.06. The van der Waals surface area contributed by atoms with Gasteiger partial charge in [0.1, 0.15) is 0 Å². The fourth-order valence-electron chi connectivity index (χ4n) is 1.35. The van der Waals surface area contributed by atoms with E-state index in [0.29, 0.717) is 5.69 Å². The molecule has 1 heterocycles. The van der Waals surface area contributed by atoms with Gasteiger partial charge in [0.15, 0.2) is 0 Å². The summed E-state index contributed by atoms with van der Waals surface area (Å²) in [5.41, 5.74) is 0.195. The number of halogens is 1. The predicted octanol–water partition coefficient (Wildman–Crippen LogP) is 1.52. The summed E-state index contributed by atoms with van der Waals surface area (Å²) in [6, 6.07) is 4.18. The molecule has 82 valence electrons. The Kier molecular flexibility index (Phi) is 2.54. The van der Waals surface area contributed by atoms with Crippen molar-refractivity contribution in [3.63, 3.8) is 0 Å². The molecular formula is C10H7ClN2O3. The van der Waals surface area contributed by atoms with Gasteiger partial charge in [-0.2, -0.15) is 0 Å². The molecule has 2 aromatic rings. The summed E-state index contributed by atoms with van der Waals surface area (Å²) >= 11 is 5.90. The number of benzene rings is 1. The van der Waals surface area contributed by atoms with E-state index >= 15 is 0 Å². The number of carboxylic acids is 1. The minimum absolute atomic E-state index is 0.0809. The zero-order valence-corrected chi connectivity index (χ0v) is 8.73. The minimum atomic E-state index is -1.06. The Bertz CT molecular complexity index is 600. The van der Waals surface area contributed by atoms with Gasteiger partial charge in [-0.1, -0.05) is 11.6 Å². The van der Waals surface area contributed by atoms with E-state index in [1.165, 1.54) is 35.2 Å². The van der Waals surface area contributed by atoms with Crippen molar-refractivity contribution in [2.45, 2.75) is 0 Å². The number of imidazole rings is 1. The number of carboxylic acid groups (broad SMARTS) is 1. The van der Waals surface area contributed by atoms with Crippen molar-refractivity contribution in [2.75, 3.05) is 0 Å². The Morgan fingerprint density at radius 2 is 2.19 bits per heavy atom. The number of nitrogens with zero attached hydrogens (tertiary/aromatic N) is 1. The number of rotatable bonds is 2. The third-order valence-electron chi connectivity index (χ3n) is 2.10. The zero-order valence-electron chi connectivity index (χ0n) is 7.98. The van der Waals surface area contributed by atoms with Gasteiger partial charge in [0.05, 0.1) is 16.3 Å². The van der Waals surface area contributed by atoms with Gasteiger partial charge in [-0.3, -0.25) is 4.57 Å². The van der Waals surface area contributed by atoms with Crippen LogP contribution in [0.1, 0.15) is 10.4 Å². The van der Waals surface area contributed by atoms with Crippen LogP contribution < -0.4 is 5.69 Å². The second kappa shape index (κ2) is 3.86. The molecule has 0 saturated carbocycles. The fourth-order valence-corrected chi connectivity index (χ4v) is 1.62. The number of aromatic carboxylic acids is 1. The average molecular weight is 239 g/mol. The molecule has 1 aromatic heterocycles. The first-order valence-corrected chi connectivity index (χ1v) is 4.76. The minimum Gasteiger partial charge on any atom is -0.478 e. The molecule has 0 aliphatic heterocycles. The van der Waals surface area contributed by atoms with Gasteiger partial charge in [-0.25, -0.2) is 9.59 Å². The standard InChI is InChI=1S/C10H7ClN2O3/c11-7-5-6(9(14)15)1-2-8(7)13-4-3-12-10(13)16/h1-5H,(H,12,16)(H,14,15). The highest BCUT2D eigenvalue weighted by atomic mass is 35.5. The first-order chi connectivity index (χ1) is 7.59. The number of hydrogen-bond acceptors (Lipinski definition) is 2. The van der Waals surface area contributed by atoms with Crippen LogP contribution in [0, 0.1) is 0 Å².